The maximum atomic E-state index is 12.8. The first kappa shape index (κ1) is 11.5. The van der Waals surface area contributed by atoms with E-state index in [9.17, 15) is 18.0 Å². The van der Waals surface area contributed by atoms with Crippen LogP contribution in [-0.2, 0) is 13.2 Å². The fourth-order valence-electron chi connectivity index (χ4n) is 1.87. The third-order valence-electron chi connectivity index (χ3n) is 2.59. The molecule has 0 aliphatic heterocycles. The molecule has 2 rings (SSSR count). The third kappa shape index (κ3) is 1.75. The molecule has 1 aromatic heterocycles. The minimum absolute atomic E-state index is 0.115. The molecule has 0 unspecified atom stereocenters. The minimum Gasteiger partial charge on any atom is -0.366 e. The van der Waals surface area contributed by atoms with Crippen LogP contribution in [0.1, 0.15) is 15.9 Å². The fourth-order valence-corrected chi connectivity index (χ4v) is 1.87. The van der Waals surface area contributed by atoms with E-state index >= 15 is 0 Å². The van der Waals surface area contributed by atoms with Crippen molar-refractivity contribution in [3.8, 4) is 0 Å². The highest BCUT2D eigenvalue weighted by molar-refractivity contribution is 6.07. The molecule has 2 N–H and O–H groups in total. The summed E-state index contributed by atoms with van der Waals surface area (Å²) in [5.41, 5.74) is 4.45. The molecular weight excluding hydrogens is 233 g/mol. The lowest BCUT2D eigenvalue weighted by Crippen LogP contribution is -2.13. The number of nitrogens with two attached hydrogens (primary N) is 1. The van der Waals surface area contributed by atoms with Gasteiger partial charge in [-0.25, -0.2) is 0 Å². The smallest absolute Gasteiger partial charge is 0.366 e. The average Bonchev–Trinajstić information content (AvgIpc) is 2.56. The van der Waals surface area contributed by atoms with Crippen molar-refractivity contribution in [3.05, 3.63) is 35.5 Å². The Morgan fingerprint density at radius 1 is 1.35 bits per heavy atom. The second-order valence-electron chi connectivity index (χ2n) is 3.72. The molecule has 0 aliphatic rings. The molecule has 0 saturated carbocycles. The Balaban J connectivity index is 2.91. The van der Waals surface area contributed by atoms with Gasteiger partial charge in [-0.05, 0) is 12.1 Å². The number of aryl methyl sites for hydroxylation is 1. The number of carbonyl (C=O) groups is 1. The molecule has 1 amide bonds. The Labute approximate surface area is 94.6 Å². The largest absolute Gasteiger partial charge is 0.418 e. The predicted molar refractivity (Wildman–Crippen MR) is 56.4 cm³/mol. The van der Waals surface area contributed by atoms with Gasteiger partial charge in [0, 0.05) is 29.7 Å². The van der Waals surface area contributed by atoms with Crippen molar-refractivity contribution >= 4 is 16.8 Å². The zero-order valence-electron chi connectivity index (χ0n) is 8.88. The van der Waals surface area contributed by atoms with Crippen LogP contribution >= 0.6 is 0 Å². The molecule has 6 heteroatoms. The van der Waals surface area contributed by atoms with Crippen LogP contribution in [0.4, 0.5) is 13.2 Å². The summed E-state index contributed by atoms with van der Waals surface area (Å²) in [4.78, 5) is 11.1. The van der Waals surface area contributed by atoms with Crippen LogP contribution in [0, 0.1) is 0 Å². The lowest BCUT2D eigenvalue weighted by atomic mass is 10.1. The first-order valence-corrected chi connectivity index (χ1v) is 4.77. The molecular formula is C11H9F3N2O. The average molecular weight is 242 g/mol. The normalized spacial score (nSPS) is 12.0. The van der Waals surface area contributed by atoms with Crippen LogP contribution in [0.3, 0.4) is 0 Å². The van der Waals surface area contributed by atoms with E-state index in [0.717, 1.165) is 6.20 Å². The first-order chi connectivity index (χ1) is 7.82. The number of hydrogen-bond donors (Lipinski definition) is 1. The van der Waals surface area contributed by atoms with Crippen molar-refractivity contribution in [2.75, 3.05) is 0 Å². The molecule has 0 spiro atoms. The van der Waals surface area contributed by atoms with E-state index in [1.54, 1.807) is 0 Å². The van der Waals surface area contributed by atoms with Crippen LogP contribution in [0.2, 0.25) is 0 Å². The Bertz CT molecular complexity index is 599. The number of rotatable bonds is 1. The van der Waals surface area contributed by atoms with Crippen molar-refractivity contribution in [2.24, 2.45) is 12.8 Å². The number of amides is 1. The third-order valence-corrected chi connectivity index (χ3v) is 2.59. The Morgan fingerprint density at radius 3 is 2.53 bits per heavy atom. The van der Waals surface area contributed by atoms with Gasteiger partial charge in [-0.1, -0.05) is 6.07 Å². The van der Waals surface area contributed by atoms with E-state index < -0.39 is 17.6 Å². The number of nitrogens with zero attached hydrogens (tertiary/aromatic N) is 1. The van der Waals surface area contributed by atoms with Crippen molar-refractivity contribution < 1.29 is 18.0 Å². The molecule has 90 valence electrons. The Morgan fingerprint density at radius 2 is 2.00 bits per heavy atom. The van der Waals surface area contributed by atoms with E-state index in [4.69, 9.17) is 5.73 Å². The summed E-state index contributed by atoms with van der Waals surface area (Å²) in [6.07, 6.45) is -3.55. The summed E-state index contributed by atoms with van der Waals surface area (Å²) in [6.45, 7) is 0. The quantitative estimate of drug-likeness (QED) is 0.819. The van der Waals surface area contributed by atoms with Crippen LogP contribution in [0.5, 0.6) is 0 Å². The molecule has 2 aromatic rings. The van der Waals surface area contributed by atoms with Crippen LogP contribution < -0.4 is 5.73 Å². The predicted octanol–water partition coefficient (Wildman–Crippen LogP) is 2.30. The zero-order valence-corrected chi connectivity index (χ0v) is 8.88. The number of primary amides is 1. The summed E-state index contributed by atoms with van der Waals surface area (Å²) in [7, 11) is 1.49. The van der Waals surface area contributed by atoms with Gasteiger partial charge in [0.1, 0.15) is 0 Å². The molecule has 3 nitrogen and oxygen atoms in total. The van der Waals surface area contributed by atoms with Gasteiger partial charge in [0.25, 0.3) is 0 Å². The monoisotopic (exact) mass is 242 g/mol. The summed E-state index contributed by atoms with van der Waals surface area (Å²) in [5, 5.41) is -0.144. The number of carbonyl (C=O) groups excluding carboxylic acids is 1. The summed E-state index contributed by atoms with van der Waals surface area (Å²) in [6, 6.07) is 4.31. The summed E-state index contributed by atoms with van der Waals surface area (Å²) >= 11 is 0. The molecule has 17 heavy (non-hydrogen) atoms. The molecule has 0 saturated heterocycles. The molecule has 0 bridgehead atoms. The second-order valence-corrected chi connectivity index (χ2v) is 3.72. The SMILES string of the molecule is Cn1cc(C(F)(F)F)c2c(C(N)=O)cccc21. The van der Waals surface area contributed by atoms with Crippen LogP contribution in [-0.4, -0.2) is 10.5 Å². The van der Waals surface area contributed by atoms with E-state index in [0.29, 0.717) is 5.52 Å². The van der Waals surface area contributed by atoms with Gasteiger partial charge in [-0.2, -0.15) is 13.2 Å². The molecule has 1 aromatic carbocycles. The highest BCUT2D eigenvalue weighted by Gasteiger charge is 2.35. The second kappa shape index (κ2) is 3.51. The van der Waals surface area contributed by atoms with Gasteiger partial charge < -0.3 is 10.3 Å². The Kier molecular flexibility index (Phi) is 2.38. The van der Waals surface area contributed by atoms with E-state index in [1.165, 1.54) is 29.8 Å². The number of benzene rings is 1. The molecule has 0 radical (unpaired) electrons. The zero-order chi connectivity index (χ0) is 12.8. The van der Waals surface area contributed by atoms with E-state index in [1.807, 2.05) is 0 Å². The Hall–Kier alpha value is -1.98. The number of alkyl halides is 3. The van der Waals surface area contributed by atoms with Gasteiger partial charge in [-0.3, -0.25) is 4.79 Å². The van der Waals surface area contributed by atoms with Crippen LogP contribution in [0.25, 0.3) is 10.9 Å². The molecule has 0 aliphatic carbocycles. The van der Waals surface area contributed by atoms with Gasteiger partial charge in [0.15, 0.2) is 0 Å². The number of halogens is 3. The number of aromatic nitrogens is 1. The van der Waals surface area contributed by atoms with E-state index in [2.05, 4.69) is 0 Å². The van der Waals surface area contributed by atoms with Gasteiger partial charge in [0.05, 0.1) is 5.56 Å². The van der Waals surface area contributed by atoms with Gasteiger partial charge >= 0.3 is 6.18 Å². The lowest BCUT2D eigenvalue weighted by Gasteiger charge is -2.06. The summed E-state index contributed by atoms with van der Waals surface area (Å²) < 4.78 is 39.8. The molecule has 1 heterocycles. The highest BCUT2D eigenvalue weighted by atomic mass is 19.4. The highest BCUT2D eigenvalue weighted by Crippen LogP contribution is 2.37. The number of hydrogen-bond acceptors (Lipinski definition) is 1. The maximum Gasteiger partial charge on any atom is 0.418 e. The maximum absolute atomic E-state index is 12.8. The van der Waals surface area contributed by atoms with Crippen molar-refractivity contribution in [2.45, 2.75) is 6.18 Å². The standard InChI is InChI=1S/C11H9F3N2O/c1-16-5-7(11(12,13)14)9-6(10(15)17)3-2-4-8(9)16/h2-5H,1H3,(H2,15,17). The fraction of sp³-hybridized carbons (Fsp3) is 0.182. The van der Waals surface area contributed by atoms with Crippen LogP contribution in [0.15, 0.2) is 24.4 Å². The van der Waals surface area contributed by atoms with Gasteiger partial charge in [-0.15, -0.1) is 0 Å². The van der Waals surface area contributed by atoms with Gasteiger partial charge in [0.2, 0.25) is 5.91 Å². The van der Waals surface area contributed by atoms with Crippen molar-refractivity contribution in [3.63, 3.8) is 0 Å². The molecule has 0 fully saturated rings. The first-order valence-electron chi connectivity index (χ1n) is 4.77. The van der Waals surface area contributed by atoms with Crippen molar-refractivity contribution in [1.82, 2.24) is 4.57 Å². The molecule has 0 atom stereocenters. The van der Waals surface area contributed by atoms with Crippen molar-refractivity contribution in [1.29, 1.82) is 0 Å². The topological polar surface area (TPSA) is 48.0 Å². The lowest BCUT2D eigenvalue weighted by molar-refractivity contribution is -0.136. The van der Waals surface area contributed by atoms with E-state index in [-0.39, 0.29) is 10.9 Å². The minimum atomic E-state index is -4.51. The summed E-state index contributed by atoms with van der Waals surface area (Å²) in [5.74, 6) is -0.868. The number of fused-ring (bicyclic) bond motifs is 1.